The maximum Gasteiger partial charge on any atom is 0.344 e. The summed E-state index contributed by atoms with van der Waals surface area (Å²) in [5, 5.41) is 0. The lowest BCUT2D eigenvalue weighted by molar-refractivity contribution is 0.220. The van der Waals surface area contributed by atoms with Gasteiger partial charge >= 0.3 is 10.2 Å². The van der Waals surface area contributed by atoms with Gasteiger partial charge in [-0.3, -0.25) is 4.72 Å². The van der Waals surface area contributed by atoms with Crippen LogP contribution >= 0.6 is 12.4 Å². The SMILES string of the molecule is Cl.NC1=NS(=O)(=O)Nc2cccc(OCC3(N)CCCC3)c21. The van der Waals surface area contributed by atoms with Crippen LogP contribution in [0.4, 0.5) is 5.69 Å². The van der Waals surface area contributed by atoms with Crippen molar-refractivity contribution in [1.29, 1.82) is 0 Å². The van der Waals surface area contributed by atoms with Crippen molar-refractivity contribution < 1.29 is 13.2 Å². The Labute approximate surface area is 135 Å². The zero-order chi connectivity index (χ0) is 15.1. The number of nitrogens with zero attached hydrogens (tertiary/aromatic N) is 1. The molecule has 0 amide bonds. The molecule has 3 rings (SSSR count). The molecule has 2 aliphatic rings. The molecule has 0 atom stereocenters. The third-order valence-corrected chi connectivity index (χ3v) is 4.77. The van der Waals surface area contributed by atoms with Gasteiger partial charge in [-0.05, 0) is 25.0 Å². The molecule has 0 spiro atoms. The molecule has 7 nitrogen and oxygen atoms in total. The molecule has 0 radical (unpaired) electrons. The summed E-state index contributed by atoms with van der Waals surface area (Å²) in [5.41, 5.74) is 12.5. The lowest BCUT2D eigenvalue weighted by atomic mass is 10.0. The van der Waals surface area contributed by atoms with Crippen molar-refractivity contribution in [1.82, 2.24) is 0 Å². The van der Waals surface area contributed by atoms with E-state index < -0.39 is 10.2 Å². The molecule has 1 saturated carbocycles. The van der Waals surface area contributed by atoms with Crippen molar-refractivity contribution in [3.8, 4) is 5.75 Å². The molecular weight excluding hydrogens is 328 g/mol. The van der Waals surface area contributed by atoms with E-state index in [2.05, 4.69) is 9.12 Å². The monoisotopic (exact) mass is 346 g/mol. The molecule has 0 saturated heterocycles. The van der Waals surface area contributed by atoms with Gasteiger partial charge in [0.15, 0.2) is 5.84 Å². The molecule has 122 valence electrons. The predicted octanol–water partition coefficient (Wildman–Crippen LogP) is 1.13. The molecule has 0 bridgehead atoms. The van der Waals surface area contributed by atoms with Crippen LogP contribution in [0.3, 0.4) is 0 Å². The van der Waals surface area contributed by atoms with Gasteiger partial charge in [-0.15, -0.1) is 16.8 Å². The number of amidine groups is 1. The summed E-state index contributed by atoms with van der Waals surface area (Å²) in [6, 6.07) is 5.06. The van der Waals surface area contributed by atoms with E-state index >= 15 is 0 Å². The van der Waals surface area contributed by atoms with E-state index in [9.17, 15) is 8.42 Å². The normalized spacial score (nSPS) is 21.0. The summed E-state index contributed by atoms with van der Waals surface area (Å²) in [6.45, 7) is 0.378. The third-order valence-electron chi connectivity index (χ3n) is 3.85. The summed E-state index contributed by atoms with van der Waals surface area (Å²) in [4.78, 5) is 0. The molecule has 1 aliphatic heterocycles. The third kappa shape index (κ3) is 3.29. The summed E-state index contributed by atoms with van der Waals surface area (Å²) in [5.74, 6) is 0.421. The van der Waals surface area contributed by atoms with E-state index in [0.29, 0.717) is 23.6 Å². The smallest absolute Gasteiger partial charge is 0.344 e. The molecular formula is C13H19ClN4O3S. The first-order chi connectivity index (χ1) is 9.89. The summed E-state index contributed by atoms with van der Waals surface area (Å²) in [7, 11) is -3.77. The van der Waals surface area contributed by atoms with Crippen LogP contribution in [0.1, 0.15) is 31.2 Å². The largest absolute Gasteiger partial charge is 0.491 e. The van der Waals surface area contributed by atoms with Gasteiger partial charge in [0.25, 0.3) is 0 Å². The molecule has 0 aromatic heterocycles. The second-order valence-corrected chi connectivity index (χ2v) is 6.93. The van der Waals surface area contributed by atoms with E-state index in [-0.39, 0.29) is 23.8 Å². The van der Waals surface area contributed by atoms with E-state index in [1.54, 1.807) is 18.2 Å². The molecule has 1 fully saturated rings. The molecule has 22 heavy (non-hydrogen) atoms. The highest BCUT2D eigenvalue weighted by Gasteiger charge is 2.31. The average Bonchev–Trinajstić information content (AvgIpc) is 2.82. The van der Waals surface area contributed by atoms with Crippen molar-refractivity contribution >= 4 is 34.1 Å². The zero-order valence-corrected chi connectivity index (χ0v) is 13.5. The molecule has 5 N–H and O–H groups in total. The number of halogens is 1. The quantitative estimate of drug-likeness (QED) is 0.757. The van der Waals surface area contributed by atoms with E-state index in [1.165, 1.54) is 0 Å². The number of nitrogens with one attached hydrogen (secondary N) is 1. The van der Waals surface area contributed by atoms with Crippen LogP contribution in [0.5, 0.6) is 5.75 Å². The van der Waals surface area contributed by atoms with Crippen LogP contribution in [0.2, 0.25) is 0 Å². The lowest BCUT2D eigenvalue weighted by Crippen LogP contribution is -2.42. The van der Waals surface area contributed by atoms with Crippen molar-refractivity contribution in [3.05, 3.63) is 23.8 Å². The number of anilines is 1. The number of nitrogens with two attached hydrogens (primary N) is 2. The van der Waals surface area contributed by atoms with E-state index in [1.807, 2.05) is 0 Å². The fourth-order valence-corrected chi connectivity index (χ4v) is 3.63. The maximum absolute atomic E-state index is 11.5. The minimum Gasteiger partial charge on any atom is -0.491 e. The first kappa shape index (κ1) is 16.9. The fraction of sp³-hybridized carbons (Fsp3) is 0.462. The highest BCUT2D eigenvalue weighted by molar-refractivity contribution is 7.91. The van der Waals surface area contributed by atoms with Crippen LogP contribution in [0.25, 0.3) is 0 Å². The van der Waals surface area contributed by atoms with Crippen molar-refractivity contribution in [2.45, 2.75) is 31.2 Å². The number of benzene rings is 1. The molecule has 1 aromatic carbocycles. The van der Waals surface area contributed by atoms with E-state index in [4.69, 9.17) is 16.2 Å². The fourth-order valence-electron chi connectivity index (χ4n) is 2.78. The van der Waals surface area contributed by atoms with Crippen LogP contribution in [-0.4, -0.2) is 26.4 Å². The minimum absolute atomic E-state index is 0. The maximum atomic E-state index is 11.5. The van der Waals surface area contributed by atoms with Gasteiger partial charge in [0.2, 0.25) is 0 Å². The van der Waals surface area contributed by atoms with Crippen LogP contribution < -0.4 is 20.9 Å². The second kappa shape index (κ2) is 5.94. The van der Waals surface area contributed by atoms with Crippen LogP contribution in [0, 0.1) is 0 Å². The molecule has 1 aromatic rings. The van der Waals surface area contributed by atoms with Gasteiger partial charge in [-0.25, -0.2) is 0 Å². The number of hydrogen-bond donors (Lipinski definition) is 3. The molecule has 0 unspecified atom stereocenters. The Bertz CT molecular complexity index is 699. The highest BCUT2D eigenvalue weighted by atomic mass is 35.5. The zero-order valence-electron chi connectivity index (χ0n) is 11.9. The van der Waals surface area contributed by atoms with Gasteiger partial charge < -0.3 is 16.2 Å². The first-order valence-corrected chi connectivity index (χ1v) is 8.26. The number of ether oxygens (including phenoxy) is 1. The topological polar surface area (TPSA) is 120 Å². The Morgan fingerprint density at radius 3 is 2.68 bits per heavy atom. The molecule has 1 heterocycles. The first-order valence-electron chi connectivity index (χ1n) is 6.82. The number of rotatable bonds is 3. The molecule has 1 aliphatic carbocycles. The standard InChI is InChI=1S/C13H18N4O3S.ClH/c14-12-11-9(16-21(18,19)17-12)4-3-5-10(11)20-8-13(15)6-1-2-7-13;/h3-5,16H,1-2,6-8,15H2,(H2,14,17);1H. The van der Waals surface area contributed by atoms with Crippen LogP contribution in [-0.2, 0) is 10.2 Å². The lowest BCUT2D eigenvalue weighted by Gasteiger charge is -2.25. The Morgan fingerprint density at radius 1 is 1.32 bits per heavy atom. The Morgan fingerprint density at radius 2 is 2.00 bits per heavy atom. The van der Waals surface area contributed by atoms with Gasteiger partial charge in [0, 0.05) is 0 Å². The summed E-state index contributed by atoms with van der Waals surface area (Å²) in [6.07, 6.45) is 4.07. The Kier molecular flexibility index (Phi) is 4.55. The second-order valence-electron chi connectivity index (χ2n) is 5.59. The van der Waals surface area contributed by atoms with Crippen LogP contribution in [0.15, 0.2) is 22.6 Å². The van der Waals surface area contributed by atoms with Gasteiger partial charge in [-0.2, -0.15) is 8.42 Å². The van der Waals surface area contributed by atoms with Crippen molar-refractivity contribution in [2.75, 3.05) is 11.3 Å². The van der Waals surface area contributed by atoms with Gasteiger partial charge in [0.05, 0.1) is 16.8 Å². The average molecular weight is 347 g/mol. The summed E-state index contributed by atoms with van der Waals surface area (Å²) >= 11 is 0. The number of hydrogen-bond acceptors (Lipinski definition) is 5. The predicted molar refractivity (Wildman–Crippen MR) is 87.8 cm³/mol. The van der Waals surface area contributed by atoms with Crippen molar-refractivity contribution in [2.24, 2.45) is 15.9 Å². The molecule has 9 heteroatoms. The van der Waals surface area contributed by atoms with E-state index in [0.717, 1.165) is 25.7 Å². The highest BCUT2D eigenvalue weighted by Crippen LogP contribution is 2.32. The Balaban J connectivity index is 0.00000176. The Hall–Kier alpha value is -1.51. The van der Waals surface area contributed by atoms with Gasteiger partial charge in [-0.1, -0.05) is 18.9 Å². The number of fused-ring (bicyclic) bond motifs is 1. The minimum atomic E-state index is -3.77. The summed E-state index contributed by atoms with van der Waals surface area (Å²) < 4.78 is 34.6. The van der Waals surface area contributed by atoms with Gasteiger partial charge in [0.1, 0.15) is 12.4 Å². The van der Waals surface area contributed by atoms with Crippen molar-refractivity contribution in [3.63, 3.8) is 0 Å².